The number of nitrogens with zero attached hydrogens (tertiary/aromatic N) is 1. The van der Waals surface area contributed by atoms with Crippen LogP contribution in [0.5, 0.6) is 0 Å². The van der Waals surface area contributed by atoms with E-state index in [1.165, 1.54) is 0 Å². The summed E-state index contributed by atoms with van der Waals surface area (Å²) in [6.07, 6.45) is 1.36. The van der Waals surface area contributed by atoms with Crippen LogP contribution in [0.1, 0.15) is 39.2 Å². The zero-order chi connectivity index (χ0) is 14.6. The Morgan fingerprint density at radius 3 is 2.65 bits per heavy atom. The lowest BCUT2D eigenvalue weighted by molar-refractivity contribution is -0.0557. The Morgan fingerprint density at radius 1 is 1.30 bits per heavy atom. The lowest BCUT2D eigenvalue weighted by Gasteiger charge is -2.28. The smallest absolute Gasteiger partial charge is 0.412 e. The normalized spacial score (nSPS) is 19.1. The number of ether oxygens (including phenoxy) is 2. The summed E-state index contributed by atoms with van der Waals surface area (Å²) in [7, 11) is 0. The van der Waals surface area contributed by atoms with E-state index in [9.17, 15) is 4.79 Å². The Hall–Kier alpha value is -1.55. The first kappa shape index (κ1) is 14.9. The lowest BCUT2D eigenvalue weighted by atomic mass is 10.2. The van der Waals surface area contributed by atoms with Gasteiger partial charge < -0.3 is 9.47 Å². The van der Waals surface area contributed by atoms with Crippen LogP contribution >= 0.6 is 0 Å². The van der Waals surface area contributed by atoms with Gasteiger partial charge in [0.05, 0.1) is 6.61 Å². The first-order chi connectivity index (χ1) is 9.46. The molecule has 4 heteroatoms. The molecule has 1 aliphatic heterocycles. The molecule has 0 bridgehead atoms. The van der Waals surface area contributed by atoms with Gasteiger partial charge in [-0.1, -0.05) is 30.3 Å². The highest BCUT2D eigenvalue weighted by Crippen LogP contribution is 2.22. The molecule has 0 radical (unpaired) electrons. The Labute approximate surface area is 120 Å². The van der Waals surface area contributed by atoms with Crippen molar-refractivity contribution in [3.8, 4) is 0 Å². The standard InChI is InChI=1S/C16H23NO3/c1-16(2,3)20-15(18)17-11-7-10-14(17)19-12-13-8-5-4-6-9-13/h4-6,8-9,14H,7,10-12H2,1-3H3. The monoisotopic (exact) mass is 277 g/mol. The van der Waals surface area contributed by atoms with Gasteiger partial charge in [0, 0.05) is 6.54 Å². The number of hydrogen-bond donors (Lipinski definition) is 0. The van der Waals surface area contributed by atoms with Gasteiger partial charge in [0.1, 0.15) is 11.8 Å². The summed E-state index contributed by atoms with van der Waals surface area (Å²) < 4.78 is 11.3. The van der Waals surface area contributed by atoms with Gasteiger partial charge in [-0.05, 0) is 39.2 Å². The van der Waals surface area contributed by atoms with Gasteiger partial charge in [-0.3, -0.25) is 4.90 Å². The highest BCUT2D eigenvalue weighted by molar-refractivity contribution is 5.68. The van der Waals surface area contributed by atoms with Crippen molar-refractivity contribution in [2.75, 3.05) is 6.54 Å². The molecule has 20 heavy (non-hydrogen) atoms. The van der Waals surface area contributed by atoms with Crippen molar-refractivity contribution in [3.05, 3.63) is 35.9 Å². The third-order valence-electron chi connectivity index (χ3n) is 3.11. The number of carbonyl (C=O) groups is 1. The predicted octanol–water partition coefficient (Wildman–Crippen LogP) is 3.56. The van der Waals surface area contributed by atoms with Crippen molar-refractivity contribution in [2.24, 2.45) is 0 Å². The minimum absolute atomic E-state index is 0.176. The molecule has 1 aromatic carbocycles. The van der Waals surface area contributed by atoms with Gasteiger partial charge in [0.15, 0.2) is 0 Å². The summed E-state index contributed by atoms with van der Waals surface area (Å²) in [5.41, 5.74) is 0.646. The van der Waals surface area contributed by atoms with E-state index >= 15 is 0 Å². The number of hydrogen-bond acceptors (Lipinski definition) is 3. The van der Waals surface area contributed by atoms with Gasteiger partial charge in [-0.15, -0.1) is 0 Å². The van der Waals surface area contributed by atoms with Crippen LogP contribution in [0, 0.1) is 0 Å². The molecule has 1 saturated heterocycles. The minimum atomic E-state index is -0.469. The van der Waals surface area contributed by atoms with E-state index in [0.717, 1.165) is 18.4 Å². The number of amides is 1. The maximum absolute atomic E-state index is 12.1. The Balaban J connectivity index is 1.89. The Bertz CT molecular complexity index is 439. The third kappa shape index (κ3) is 4.23. The Kier molecular flexibility index (Phi) is 4.65. The zero-order valence-electron chi connectivity index (χ0n) is 12.5. The van der Waals surface area contributed by atoms with Crippen molar-refractivity contribution < 1.29 is 14.3 Å². The molecule has 1 aromatic rings. The molecule has 0 N–H and O–H groups in total. The summed E-state index contributed by atoms with van der Waals surface area (Å²) in [4.78, 5) is 13.8. The predicted molar refractivity (Wildman–Crippen MR) is 77.2 cm³/mol. The largest absolute Gasteiger partial charge is 0.444 e. The average Bonchev–Trinajstić information content (AvgIpc) is 2.84. The maximum atomic E-state index is 12.1. The molecule has 1 unspecified atom stereocenters. The first-order valence-corrected chi connectivity index (χ1v) is 7.11. The first-order valence-electron chi connectivity index (χ1n) is 7.11. The molecule has 0 spiro atoms. The summed E-state index contributed by atoms with van der Waals surface area (Å²) in [5, 5.41) is 0. The summed E-state index contributed by atoms with van der Waals surface area (Å²) in [6, 6.07) is 9.99. The van der Waals surface area contributed by atoms with Gasteiger partial charge in [-0.2, -0.15) is 0 Å². The number of rotatable bonds is 3. The average molecular weight is 277 g/mol. The molecule has 1 fully saturated rings. The van der Waals surface area contributed by atoms with Crippen LogP contribution in [-0.4, -0.2) is 29.4 Å². The molecule has 1 amide bonds. The number of benzene rings is 1. The minimum Gasteiger partial charge on any atom is -0.444 e. The fourth-order valence-corrected chi connectivity index (χ4v) is 2.21. The van der Waals surface area contributed by atoms with Gasteiger partial charge in [0.2, 0.25) is 0 Å². The van der Waals surface area contributed by atoms with Crippen LogP contribution in [0.2, 0.25) is 0 Å². The second-order valence-corrected chi connectivity index (χ2v) is 6.07. The van der Waals surface area contributed by atoms with Crippen molar-refractivity contribution in [1.82, 2.24) is 4.90 Å². The van der Waals surface area contributed by atoms with Crippen LogP contribution in [0.25, 0.3) is 0 Å². The van der Waals surface area contributed by atoms with Crippen molar-refractivity contribution in [2.45, 2.75) is 52.0 Å². The molecule has 0 aromatic heterocycles. The van der Waals surface area contributed by atoms with E-state index in [-0.39, 0.29) is 12.3 Å². The molecular formula is C16H23NO3. The summed E-state index contributed by atoms with van der Waals surface area (Å²) in [6.45, 7) is 6.85. The zero-order valence-corrected chi connectivity index (χ0v) is 12.5. The molecule has 2 rings (SSSR count). The van der Waals surface area contributed by atoms with Gasteiger partial charge in [0.25, 0.3) is 0 Å². The van der Waals surface area contributed by atoms with E-state index in [0.29, 0.717) is 13.2 Å². The number of carbonyl (C=O) groups excluding carboxylic acids is 1. The molecule has 4 nitrogen and oxygen atoms in total. The van der Waals surface area contributed by atoms with Gasteiger partial charge in [-0.25, -0.2) is 4.79 Å². The van der Waals surface area contributed by atoms with E-state index in [4.69, 9.17) is 9.47 Å². The maximum Gasteiger partial charge on any atom is 0.412 e. The molecule has 0 aliphatic carbocycles. The Morgan fingerprint density at radius 2 is 2.00 bits per heavy atom. The topological polar surface area (TPSA) is 38.8 Å². The fourth-order valence-electron chi connectivity index (χ4n) is 2.21. The van der Waals surface area contributed by atoms with Crippen LogP contribution in [-0.2, 0) is 16.1 Å². The van der Waals surface area contributed by atoms with Crippen LogP contribution in [0.15, 0.2) is 30.3 Å². The third-order valence-corrected chi connectivity index (χ3v) is 3.11. The second-order valence-electron chi connectivity index (χ2n) is 6.07. The van der Waals surface area contributed by atoms with Crippen molar-refractivity contribution in [3.63, 3.8) is 0 Å². The molecular weight excluding hydrogens is 254 g/mol. The van der Waals surface area contributed by atoms with E-state index in [2.05, 4.69) is 0 Å². The molecule has 0 saturated carbocycles. The highest BCUT2D eigenvalue weighted by atomic mass is 16.6. The molecule has 110 valence electrons. The SMILES string of the molecule is CC(C)(C)OC(=O)N1CCCC1OCc1ccccc1. The fraction of sp³-hybridized carbons (Fsp3) is 0.562. The highest BCUT2D eigenvalue weighted by Gasteiger charge is 2.32. The number of likely N-dealkylation sites (tertiary alicyclic amines) is 1. The molecule has 1 aliphatic rings. The summed E-state index contributed by atoms with van der Waals surface area (Å²) >= 11 is 0. The lowest BCUT2D eigenvalue weighted by Crippen LogP contribution is -2.40. The van der Waals surface area contributed by atoms with Crippen LogP contribution in [0.3, 0.4) is 0 Å². The van der Waals surface area contributed by atoms with Crippen molar-refractivity contribution in [1.29, 1.82) is 0 Å². The second kappa shape index (κ2) is 6.27. The summed E-state index contributed by atoms with van der Waals surface area (Å²) in [5.74, 6) is 0. The van der Waals surface area contributed by atoms with Crippen LogP contribution in [0.4, 0.5) is 4.79 Å². The van der Waals surface area contributed by atoms with Gasteiger partial charge >= 0.3 is 6.09 Å². The van der Waals surface area contributed by atoms with E-state index in [1.807, 2.05) is 51.1 Å². The molecule has 1 heterocycles. The van der Waals surface area contributed by atoms with Crippen molar-refractivity contribution >= 4 is 6.09 Å². The molecule has 1 atom stereocenters. The quantitative estimate of drug-likeness (QED) is 0.848. The van der Waals surface area contributed by atoms with E-state index in [1.54, 1.807) is 4.90 Å². The van der Waals surface area contributed by atoms with Crippen LogP contribution < -0.4 is 0 Å². The van der Waals surface area contributed by atoms with E-state index < -0.39 is 5.60 Å².